The molecule has 3 heterocycles. The number of carboxylic acid groups (broad SMARTS) is 1. The monoisotopic (exact) mass is 341 g/mol. The molecule has 1 aliphatic carbocycles. The highest BCUT2D eigenvalue weighted by atomic mass is 16.4. The van der Waals surface area contributed by atoms with Crippen molar-refractivity contribution < 1.29 is 9.90 Å². The predicted octanol–water partition coefficient (Wildman–Crippen LogP) is 2.22. The second kappa shape index (κ2) is 6.26. The zero-order valence-electron chi connectivity index (χ0n) is 14.4. The van der Waals surface area contributed by atoms with Crippen molar-refractivity contribution in [1.29, 1.82) is 0 Å². The molecule has 0 aromatic carbocycles. The van der Waals surface area contributed by atoms with Crippen LogP contribution in [0.5, 0.6) is 0 Å². The van der Waals surface area contributed by atoms with E-state index in [2.05, 4.69) is 9.88 Å². The van der Waals surface area contributed by atoms with E-state index in [0.717, 1.165) is 24.8 Å². The van der Waals surface area contributed by atoms with Gasteiger partial charge in [0.15, 0.2) is 0 Å². The third-order valence-electron chi connectivity index (χ3n) is 5.79. The van der Waals surface area contributed by atoms with Crippen LogP contribution in [0.1, 0.15) is 43.4 Å². The molecule has 1 saturated heterocycles. The number of nitrogens with zero attached hydrogens (tertiary/aromatic N) is 3. The second-order valence-electron chi connectivity index (χ2n) is 7.34. The van der Waals surface area contributed by atoms with E-state index in [0.29, 0.717) is 36.3 Å². The minimum absolute atomic E-state index is 0.116. The van der Waals surface area contributed by atoms with E-state index in [1.54, 1.807) is 16.7 Å². The van der Waals surface area contributed by atoms with Gasteiger partial charge in [0.05, 0.1) is 5.69 Å². The molecule has 25 heavy (non-hydrogen) atoms. The van der Waals surface area contributed by atoms with Gasteiger partial charge in [-0.3, -0.25) is 18.9 Å². The number of hydrogen-bond donors (Lipinski definition) is 1. The first-order chi connectivity index (χ1) is 12.0. The van der Waals surface area contributed by atoms with Crippen LogP contribution in [-0.4, -0.2) is 37.4 Å². The number of rotatable bonds is 3. The summed E-state index contributed by atoms with van der Waals surface area (Å²) >= 11 is 0. The molecule has 0 spiro atoms. The summed E-state index contributed by atoms with van der Waals surface area (Å²) in [6.45, 7) is 2.36. The number of fused-ring (bicyclic) bond motifs is 2. The number of aliphatic carboxylic acids is 1. The van der Waals surface area contributed by atoms with Crippen molar-refractivity contribution in [3.63, 3.8) is 0 Å². The Morgan fingerprint density at radius 1 is 1.36 bits per heavy atom. The van der Waals surface area contributed by atoms with Gasteiger partial charge in [-0.1, -0.05) is 18.9 Å². The Bertz CT molecular complexity index is 876. The summed E-state index contributed by atoms with van der Waals surface area (Å²) in [5, 5.41) is 9.65. The number of carbonyl (C=O) groups is 1. The zero-order chi connectivity index (χ0) is 17.6. The fraction of sp³-hybridized carbons (Fsp3) is 0.526. The SMILES string of the molecule is Cc1cccn2c(=O)cc(CN3[C@@H]4CCCC[C@H]4C[C@H]3C(=O)O)nc12. The van der Waals surface area contributed by atoms with Gasteiger partial charge in [-0.2, -0.15) is 0 Å². The van der Waals surface area contributed by atoms with Crippen LogP contribution >= 0.6 is 0 Å². The molecular weight excluding hydrogens is 318 g/mol. The van der Waals surface area contributed by atoms with Crippen molar-refractivity contribution >= 4 is 11.6 Å². The van der Waals surface area contributed by atoms with Crippen LogP contribution in [0, 0.1) is 12.8 Å². The molecule has 3 atom stereocenters. The molecule has 0 amide bonds. The lowest BCUT2D eigenvalue weighted by molar-refractivity contribution is -0.142. The summed E-state index contributed by atoms with van der Waals surface area (Å²) in [4.78, 5) is 30.9. The molecule has 2 aliphatic rings. The molecule has 0 radical (unpaired) electrons. The van der Waals surface area contributed by atoms with Crippen molar-refractivity contribution in [2.45, 2.75) is 57.7 Å². The van der Waals surface area contributed by atoms with Crippen LogP contribution in [0.15, 0.2) is 29.2 Å². The molecule has 1 aliphatic heterocycles. The van der Waals surface area contributed by atoms with Gasteiger partial charge >= 0.3 is 5.97 Å². The summed E-state index contributed by atoms with van der Waals surface area (Å²) in [5.74, 6) is -0.304. The molecule has 2 aromatic heterocycles. The maximum Gasteiger partial charge on any atom is 0.320 e. The van der Waals surface area contributed by atoms with Crippen molar-refractivity contribution in [1.82, 2.24) is 14.3 Å². The number of aryl methyl sites for hydroxylation is 1. The number of carboxylic acids is 1. The van der Waals surface area contributed by atoms with E-state index in [1.165, 1.54) is 6.42 Å². The van der Waals surface area contributed by atoms with Crippen LogP contribution in [-0.2, 0) is 11.3 Å². The Kier molecular flexibility index (Phi) is 4.07. The summed E-state index contributed by atoms with van der Waals surface area (Å²) in [7, 11) is 0. The van der Waals surface area contributed by atoms with Crippen molar-refractivity contribution in [2.24, 2.45) is 5.92 Å². The second-order valence-corrected chi connectivity index (χ2v) is 7.34. The first kappa shape index (κ1) is 16.3. The van der Waals surface area contributed by atoms with E-state index in [-0.39, 0.29) is 5.56 Å². The molecule has 1 saturated carbocycles. The first-order valence-electron chi connectivity index (χ1n) is 9.01. The standard InChI is InChI=1S/C19H23N3O3/c1-12-5-4-8-21-17(23)10-14(20-18(12)21)11-22-15-7-3-2-6-13(15)9-16(22)19(24)25/h4-5,8,10,13,15-16H,2-3,6-7,9,11H2,1H3,(H,24,25)/t13-,15+,16-/m0/s1. The van der Waals surface area contributed by atoms with Crippen LogP contribution in [0.4, 0.5) is 0 Å². The quantitative estimate of drug-likeness (QED) is 0.926. The third-order valence-corrected chi connectivity index (χ3v) is 5.79. The Labute approximate surface area is 146 Å². The average molecular weight is 341 g/mol. The van der Waals surface area contributed by atoms with Gasteiger partial charge in [0.1, 0.15) is 11.7 Å². The van der Waals surface area contributed by atoms with Crippen LogP contribution in [0.3, 0.4) is 0 Å². The highest BCUT2D eigenvalue weighted by Gasteiger charge is 2.45. The van der Waals surface area contributed by atoms with E-state index >= 15 is 0 Å². The smallest absolute Gasteiger partial charge is 0.320 e. The summed E-state index contributed by atoms with van der Waals surface area (Å²) in [6, 6.07) is 5.14. The fourth-order valence-electron chi connectivity index (χ4n) is 4.60. The number of hydrogen-bond acceptors (Lipinski definition) is 4. The van der Waals surface area contributed by atoms with Gasteiger partial charge in [-0.05, 0) is 43.7 Å². The topological polar surface area (TPSA) is 74.9 Å². The maximum absolute atomic E-state index is 12.4. The van der Waals surface area contributed by atoms with Crippen LogP contribution in [0.25, 0.3) is 5.65 Å². The Morgan fingerprint density at radius 3 is 2.96 bits per heavy atom. The molecule has 132 valence electrons. The average Bonchev–Trinajstić information content (AvgIpc) is 2.95. The number of likely N-dealkylation sites (tertiary alicyclic amines) is 1. The normalized spacial score (nSPS) is 26.7. The summed E-state index contributed by atoms with van der Waals surface area (Å²) in [6.07, 6.45) is 6.92. The molecule has 0 bridgehead atoms. The molecule has 0 unspecified atom stereocenters. The van der Waals surface area contributed by atoms with E-state index in [4.69, 9.17) is 0 Å². The van der Waals surface area contributed by atoms with Gasteiger partial charge in [-0.15, -0.1) is 0 Å². The van der Waals surface area contributed by atoms with Gasteiger partial charge in [0.25, 0.3) is 5.56 Å². The molecule has 2 aromatic rings. The Balaban J connectivity index is 1.70. The van der Waals surface area contributed by atoms with Crippen LogP contribution < -0.4 is 5.56 Å². The Hall–Kier alpha value is -2.21. The zero-order valence-corrected chi connectivity index (χ0v) is 14.4. The lowest BCUT2D eigenvalue weighted by Gasteiger charge is -2.32. The maximum atomic E-state index is 12.4. The number of aromatic nitrogens is 2. The summed E-state index contributed by atoms with van der Waals surface area (Å²) < 4.78 is 1.54. The molecule has 6 nitrogen and oxygen atoms in total. The molecule has 2 fully saturated rings. The van der Waals surface area contributed by atoms with E-state index in [1.807, 2.05) is 19.1 Å². The van der Waals surface area contributed by atoms with Crippen molar-refractivity contribution in [2.75, 3.05) is 0 Å². The van der Waals surface area contributed by atoms with Gasteiger partial charge in [-0.25, -0.2) is 4.98 Å². The molecular formula is C19H23N3O3. The van der Waals surface area contributed by atoms with E-state index < -0.39 is 12.0 Å². The minimum Gasteiger partial charge on any atom is -0.480 e. The highest BCUT2D eigenvalue weighted by molar-refractivity contribution is 5.74. The van der Waals surface area contributed by atoms with Gasteiger partial charge in [0, 0.05) is 24.8 Å². The lowest BCUT2D eigenvalue weighted by atomic mass is 9.85. The van der Waals surface area contributed by atoms with Crippen molar-refractivity contribution in [3.05, 3.63) is 46.0 Å². The molecule has 1 N–H and O–H groups in total. The fourth-order valence-corrected chi connectivity index (χ4v) is 4.60. The third kappa shape index (κ3) is 2.84. The molecule has 4 rings (SSSR count). The predicted molar refractivity (Wildman–Crippen MR) is 93.5 cm³/mol. The minimum atomic E-state index is -0.761. The summed E-state index contributed by atoms with van der Waals surface area (Å²) in [5.41, 5.74) is 2.14. The number of pyridine rings is 1. The van der Waals surface area contributed by atoms with Gasteiger partial charge in [0.2, 0.25) is 0 Å². The largest absolute Gasteiger partial charge is 0.480 e. The van der Waals surface area contributed by atoms with Crippen molar-refractivity contribution in [3.8, 4) is 0 Å². The molecule has 6 heteroatoms. The Morgan fingerprint density at radius 2 is 2.16 bits per heavy atom. The van der Waals surface area contributed by atoms with Crippen LogP contribution in [0.2, 0.25) is 0 Å². The highest BCUT2D eigenvalue weighted by Crippen LogP contribution is 2.40. The van der Waals surface area contributed by atoms with E-state index in [9.17, 15) is 14.7 Å². The first-order valence-corrected chi connectivity index (χ1v) is 9.01. The van der Waals surface area contributed by atoms with Gasteiger partial charge < -0.3 is 5.11 Å². The lowest BCUT2D eigenvalue weighted by Crippen LogP contribution is -2.42.